The highest BCUT2D eigenvalue weighted by atomic mass is 16.4. The van der Waals surface area contributed by atoms with Gasteiger partial charge in [0.15, 0.2) is 5.76 Å². The van der Waals surface area contributed by atoms with E-state index in [1.54, 1.807) is 6.07 Å². The van der Waals surface area contributed by atoms with E-state index in [0.29, 0.717) is 5.69 Å². The third-order valence-electron chi connectivity index (χ3n) is 3.63. The second kappa shape index (κ2) is 12.8. The van der Waals surface area contributed by atoms with Crippen molar-refractivity contribution in [3.63, 3.8) is 0 Å². The van der Waals surface area contributed by atoms with Gasteiger partial charge in [-0.3, -0.25) is 24.1 Å². The lowest BCUT2D eigenvalue weighted by atomic mass is 10.3. The van der Waals surface area contributed by atoms with E-state index in [2.05, 4.69) is 20.2 Å². The first kappa shape index (κ1) is 22.6. The molecule has 2 aromatic heterocycles. The van der Waals surface area contributed by atoms with E-state index in [-0.39, 0.29) is 36.7 Å². The lowest BCUT2D eigenvalue weighted by Crippen LogP contribution is -2.24. The summed E-state index contributed by atoms with van der Waals surface area (Å²) >= 11 is 0. The van der Waals surface area contributed by atoms with E-state index in [0.717, 1.165) is 25.4 Å². The average molecular weight is 394 g/mol. The first-order chi connectivity index (χ1) is 13.5. The van der Waals surface area contributed by atoms with E-state index in [1.165, 1.54) is 25.2 Å². The molecular formula is C17H22N4O7. The molecule has 2 aromatic rings. The van der Waals surface area contributed by atoms with Gasteiger partial charge in [0.1, 0.15) is 5.76 Å². The van der Waals surface area contributed by atoms with Gasteiger partial charge in [-0.1, -0.05) is 0 Å². The molecule has 0 unspecified atom stereocenters. The van der Waals surface area contributed by atoms with Crippen LogP contribution in [-0.2, 0) is 22.7 Å². The molecule has 0 aliphatic carbocycles. The predicted octanol–water partition coefficient (Wildman–Crippen LogP) is 0.290. The Morgan fingerprint density at radius 1 is 1.25 bits per heavy atom. The summed E-state index contributed by atoms with van der Waals surface area (Å²) in [6, 6.07) is 4.85. The molecule has 1 aliphatic rings. The zero-order valence-corrected chi connectivity index (χ0v) is 15.0. The second-order valence-corrected chi connectivity index (χ2v) is 5.55. The van der Waals surface area contributed by atoms with E-state index >= 15 is 0 Å². The van der Waals surface area contributed by atoms with Gasteiger partial charge in [0.25, 0.3) is 24.4 Å². The van der Waals surface area contributed by atoms with Crippen LogP contribution in [0.4, 0.5) is 0 Å². The van der Waals surface area contributed by atoms with Crippen LogP contribution >= 0.6 is 0 Å². The number of hydrogen-bond acceptors (Lipinski definition) is 7. The quantitative estimate of drug-likeness (QED) is 0.521. The van der Waals surface area contributed by atoms with Crippen molar-refractivity contribution in [1.82, 2.24) is 20.2 Å². The zero-order valence-electron chi connectivity index (χ0n) is 15.0. The molecular weight excluding hydrogens is 372 g/mol. The van der Waals surface area contributed by atoms with Crippen molar-refractivity contribution in [2.45, 2.75) is 25.9 Å². The molecule has 0 aromatic carbocycles. The fourth-order valence-electron chi connectivity index (χ4n) is 2.51. The molecule has 152 valence electrons. The van der Waals surface area contributed by atoms with E-state index in [9.17, 15) is 9.59 Å². The van der Waals surface area contributed by atoms with Gasteiger partial charge in [0, 0.05) is 6.07 Å². The standard InChI is InChI=1S/C15H18N4O3.2CH2O2/c20-14-7-11(17-10-18-14)8-16-15(21)13-4-3-12(22-13)9-19-5-1-2-6-19;2*2-1-3/h3-4,7,10H,1-2,5-6,8-9H2,(H,16,21)(H,17,18,20);2*1H,(H,2,3). The number of carbonyl (C=O) groups is 3. The molecule has 0 radical (unpaired) electrons. The van der Waals surface area contributed by atoms with Crippen LogP contribution in [0.5, 0.6) is 0 Å². The lowest BCUT2D eigenvalue weighted by molar-refractivity contribution is -0.123. The van der Waals surface area contributed by atoms with Gasteiger partial charge in [-0.15, -0.1) is 0 Å². The van der Waals surface area contributed by atoms with Crippen molar-refractivity contribution in [1.29, 1.82) is 0 Å². The minimum atomic E-state index is -0.310. The smallest absolute Gasteiger partial charge is 0.290 e. The van der Waals surface area contributed by atoms with Gasteiger partial charge in [-0.25, -0.2) is 4.98 Å². The summed E-state index contributed by atoms with van der Waals surface area (Å²) in [5.74, 6) is 0.759. The van der Waals surface area contributed by atoms with Crippen molar-refractivity contribution < 1.29 is 29.0 Å². The molecule has 0 spiro atoms. The molecule has 11 nitrogen and oxygen atoms in total. The highest BCUT2D eigenvalue weighted by Gasteiger charge is 2.16. The summed E-state index contributed by atoms with van der Waals surface area (Å²) in [6.07, 6.45) is 3.75. The number of carboxylic acid groups (broad SMARTS) is 2. The van der Waals surface area contributed by atoms with Crippen LogP contribution in [0.3, 0.4) is 0 Å². The Hall–Kier alpha value is -3.47. The summed E-state index contributed by atoms with van der Waals surface area (Å²) in [4.78, 5) is 48.6. The Morgan fingerprint density at radius 2 is 1.89 bits per heavy atom. The number of amides is 1. The largest absolute Gasteiger partial charge is 0.483 e. The number of hydrogen-bond donors (Lipinski definition) is 4. The molecule has 3 heterocycles. The third-order valence-corrected chi connectivity index (χ3v) is 3.63. The summed E-state index contributed by atoms with van der Waals surface area (Å²) in [6.45, 7) is 2.58. The first-order valence-corrected chi connectivity index (χ1v) is 8.32. The molecule has 0 bridgehead atoms. The number of nitrogens with one attached hydrogen (secondary N) is 2. The van der Waals surface area contributed by atoms with Crippen LogP contribution in [0, 0.1) is 0 Å². The summed E-state index contributed by atoms with van der Waals surface area (Å²) in [5, 5.41) is 16.5. The number of nitrogens with zero attached hydrogens (tertiary/aromatic N) is 2. The van der Waals surface area contributed by atoms with Gasteiger partial charge >= 0.3 is 0 Å². The van der Waals surface area contributed by atoms with Crippen molar-refractivity contribution in [3.8, 4) is 0 Å². The second-order valence-electron chi connectivity index (χ2n) is 5.55. The molecule has 28 heavy (non-hydrogen) atoms. The Balaban J connectivity index is 0.000000582. The maximum atomic E-state index is 12.0. The van der Waals surface area contributed by atoms with Gasteiger partial charge < -0.3 is 24.9 Å². The van der Waals surface area contributed by atoms with E-state index in [1.807, 2.05) is 6.07 Å². The molecule has 0 saturated carbocycles. The highest BCUT2D eigenvalue weighted by molar-refractivity contribution is 5.91. The lowest BCUT2D eigenvalue weighted by Gasteiger charge is -2.11. The number of carbonyl (C=O) groups excluding carboxylic acids is 1. The molecule has 1 fully saturated rings. The van der Waals surface area contributed by atoms with E-state index in [4.69, 9.17) is 24.2 Å². The first-order valence-electron chi connectivity index (χ1n) is 8.32. The predicted molar refractivity (Wildman–Crippen MR) is 96.6 cm³/mol. The number of aromatic amines is 1. The Labute approximate surface area is 160 Å². The zero-order chi connectivity index (χ0) is 20.8. The monoisotopic (exact) mass is 394 g/mol. The molecule has 1 aliphatic heterocycles. The molecule has 0 atom stereocenters. The molecule has 4 N–H and O–H groups in total. The molecule has 3 rings (SSSR count). The molecule has 11 heteroatoms. The van der Waals surface area contributed by atoms with Crippen LogP contribution in [-0.4, -0.2) is 57.0 Å². The van der Waals surface area contributed by atoms with Crippen molar-refractivity contribution >= 4 is 18.9 Å². The van der Waals surface area contributed by atoms with Gasteiger partial charge in [0.2, 0.25) is 0 Å². The van der Waals surface area contributed by atoms with Crippen LogP contribution < -0.4 is 10.9 Å². The van der Waals surface area contributed by atoms with Crippen molar-refractivity contribution in [3.05, 3.63) is 52.1 Å². The van der Waals surface area contributed by atoms with Gasteiger partial charge in [0.05, 0.1) is 25.1 Å². The van der Waals surface area contributed by atoms with Crippen LogP contribution in [0.1, 0.15) is 34.9 Å². The fourth-order valence-corrected chi connectivity index (χ4v) is 2.51. The topological polar surface area (TPSA) is 166 Å². The maximum absolute atomic E-state index is 12.0. The van der Waals surface area contributed by atoms with Crippen molar-refractivity contribution in [2.24, 2.45) is 0 Å². The molecule has 1 saturated heterocycles. The number of aromatic nitrogens is 2. The maximum Gasteiger partial charge on any atom is 0.290 e. The van der Waals surface area contributed by atoms with Crippen molar-refractivity contribution in [2.75, 3.05) is 13.1 Å². The molecule has 1 amide bonds. The van der Waals surface area contributed by atoms with E-state index < -0.39 is 0 Å². The number of rotatable bonds is 5. The van der Waals surface area contributed by atoms with Crippen LogP contribution in [0.15, 0.2) is 33.7 Å². The Bertz CT molecular complexity index is 791. The van der Waals surface area contributed by atoms with Crippen LogP contribution in [0.25, 0.3) is 0 Å². The van der Waals surface area contributed by atoms with Gasteiger partial charge in [-0.2, -0.15) is 0 Å². The highest BCUT2D eigenvalue weighted by Crippen LogP contribution is 2.15. The summed E-state index contributed by atoms with van der Waals surface area (Å²) in [5.41, 5.74) is 0.256. The third kappa shape index (κ3) is 8.27. The average Bonchev–Trinajstić information content (AvgIpc) is 3.34. The normalized spacial score (nSPS) is 12.7. The fraction of sp³-hybridized carbons (Fsp3) is 0.353. The SMILES string of the molecule is O=C(NCc1cc(=O)[nH]cn1)c1ccc(CN2CCCC2)o1.O=CO.O=CO. The minimum absolute atomic E-state index is 0.185. The van der Waals surface area contributed by atoms with Crippen LogP contribution in [0.2, 0.25) is 0 Å². The Kier molecular flexibility index (Phi) is 10.3. The number of H-pyrrole nitrogens is 1. The summed E-state index contributed by atoms with van der Waals surface area (Å²) < 4.78 is 5.58. The Morgan fingerprint density at radius 3 is 2.50 bits per heavy atom. The summed E-state index contributed by atoms with van der Waals surface area (Å²) in [7, 11) is 0. The minimum Gasteiger partial charge on any atom is -0.483 e. The number of likely N-dealkylation sites (tertiary alicyclic amines) is 1. The number of furan rings is 1. The van der Waals surface area contributed by atoms with Gasteiger partial charge in [-0.05, 0) is 38.1 Å².